The minimum absolute atomic E-state index is 0.0544. The molecule has 2 heterocycles. The molecule has 0 saturated carbocycles. The van der Waals surface area contributed by atoms with Gasteiger partial charge in [-0.15, -0.1) is 11.3 Å². The van der Waals surface area contributed by atoms with Gasteiger partial charge >= 0.3 is 0 Å². The van der Waals surface area contributed by atoms with Gasteiger partial charge in [0.25, 0.3) is 0 Å². The van der Waals surface area contributed by atoms with E-state index in [2.05, 4.69) is 17.2 Å². The number of carbonyl (C=O) groups excluding carboxylic acids is 2. The van der Waals surface area contributed by atoms with Crippen molar-refractivity contribution < 1.29 is 14.3 Å². The first-order valence-electron chi connectivity index (χ1n) is 9.86. The van der Waals surface area contributed by atoms with E-state index in [0.29, 0.717) is 39.1 Å². The molecule has 0 unspecified atom stereocenters. The van der Waals surface area contributed by atoms with Gasteiger partial charge in [-0.25, -0.2) is 4.98 Å². The molecule has 1 N–H and O–H groups in total. The van der Waals surface area contributed by atoms with Crippen LogP contribution in [0, 0.1) is 0 Å². The van der Waals surface area contributed by atoms with Gasteiger partial charge in [0, 0.05) is 36.1 Å². The molecular formula is C21H27N3O3S. The zero-order valence-electron chi connectivity index (χ0n) is 16.3. The molecular weight excluding hydrogens is 374 g/mol. The number of benzene rings is 1. The van der Waals surface area contributed by atoms with E-state index in [1.54, 1.807) is 0 Å². The summed E-state index contributed by atoms with van der Waals surface area (Å²) in [6, 6.07) is 7.69. The Kier molecular flexibility index (Phi) is 7.56. The van der Waals surface area contributed by atoms with Crippen LogP contribution in [0.25, 0.3) is 11.3 Å². The van der Waals surface area contributed by atoms with E-state index in [0.717, 1.165) is 41.2 Å². The lowest BCUT2D eigenvalue weighted by molar-refractivity contribution is -0.134. The normalized spacial score (nSPS) is 14.1. The summed E-state index contributed by atoms with van der Waals surface area (Å²) in [6.07, 6.45) is 3.99. The molecule has 2 aromatic rings. The van der Waals surface area contributed by atoms with Crippen molar-refractivity contribution in [3.63, 3.8) is 0 Å². The van der Waals surface area contributed by atoms with E-state index in [4.69, 9.17) is 4.74 Å². The first-order chi connectivity index (χ1) is 13.7. The third-order valence-corrected chi connectivity index (χ3v) is 5.54. The molecule has 0 spiro atoms. The number of nitrogens with zero attached hydrogens (tertiary/aromatic N) is 2. The molecule has 1 saturated heterocycles. The fraction of sp³-hybridized carbons (Fsp3) is 0.476. The van der Waals surface area contributed by atoms with Gasteiger partial charge in [-0.3, -0.25) is 9.59 Å². The van der Waals surface area contributed by atoms with Crippen LogP contribution in [-0.2, 0) is 20.7 Å². The van der Waals surface area contributed by atoms with Crippen molar-refractivity contribution >= 4 is 28.8 Å². The molecule has 28 heavy (non-hydrogen) atoms. The molecule has 1 aliphatic heterocycles. The molecule has 2 amide bonds. The smallest absolute Gasteiger partial charge is 0.229 e. The Morgan fingerprint density at radius 3 is 2.64 bits per heavy atom. The van der Waals surface area contributed by atoms with Crippen LogP contribution in [0.5, 0.6) is 0 Å². The topological polar surface area (TPSA) is 71.5 Å². The Hall–Kier alpha value is -2.25. The number of thiazole rings is 1. The number of rotatable bonds is 8. The van der Waals surface area contributed by atoms with Crippen LogP contribution in [0.15, 0.2) is 29.6 Å². The monoisotopic (exact) mass is 401 g/mol. The second kappa shape index (κ2) is 10.3. The van der Waals surface area contributed by atoms with Crippen molar-refractivity contribution in [2.75, 3.05) is 31.6 Å². The van der Waals surface area contributed by atoms with E-state index >= 15 is 0 Å². The van der Waals surface area contributed by atoms with Crippen LogP contribution in [0.4, 0.5) is 5.69 Å². The lowest BCUT2D eigenvalue weighted by Crippen LogP contribution is -2.41. The minimum atomic E-state index is 0.0544. The van der Waals surface area contributed by atoms with E-state index in [9.17, 15) is 9.59 Å². The molecule has 1 aromatic heterocycles. The fourth-order valence-electron chi connectivity index (χ4n) is 3.06. The number of amides is 2. The summed E-state index contributed by atoms with van der Waals surface area (Å²) in [5.41, 5.74) is 2.63. The summed E-state index contributed by atoms with van der Waals surface area (Å²) >= 11 is 1.50. The summed E-state index contributed by atoms with van der Waals surface area (Å²) in [5, 5.41) is 5.72. The van der Waals surface area contributed by atoms with E-state index < -0.39 is 0 Å². The van der Waals surface area contributed by atoms with Crippen molar-refractivity contribution in [3.05, 3.63) is 34.7 Å². The van der Waals surface area contributed by atoms with Crippen LogP contribution in [0.2, 0.25) is 0 Å². The van der Waals surface area contributed by atoms with Crippen molar-refractivity contribution in [2.45, 2.75) is 39.0 Å². The highest BCUT2D eigenvalue weighted by Crippen LogP contribution is 2.24. The van der Waals surface area contributed by atoms with Crippen molar-refractivity contribution in [3.8, 4) is 11.3 Å². The van der Waals surface area contributed by atoms with Gasteiger partial charge in [0.15, 0.2) is 0 Å². The average molecular weight is 402 g/mol. The quantitative estimate of drug-likeness (QED) is 0.684. The first-order valence-corrected chi connectivity index (χ1v) is 10.7. The zero-order chi connectivity index (χ0) is 19.8. The van der Waals surface area contributed by atoms with E-state index in [1.807, 2.05) is 34.5 Å². The van der Waals surface area contributed by atoms with Gasteiger partial charge in [0.05, 0.1) is 25.3 Å². The highest BCUT2D eigenvalue weighted by atomic mass is 32.1. The number of anilines is 1. The Morgan fingerprint density at radius 1 is 1.18 bits per heavy atom. The second-order valence-electron chi connectivity index (χ2n) is 6.88. The number of morpholine rings is 1. The van der Waals surface area contributed by atoms with Gasteiger partial charge < -0.3 is 15.0 Å². The molecule has 0 aliphatic carbocycles. The number of carbonyl (C=O) groups is 2. The van der Waals surface area contributed by atoms with Gasteiger partial charge in [-0.1, -0.05) is 31.9 Å². The molecule has 0 radical (unpaired) electrons. The largest absolute Gasteiger partial charge is 0.378 e. The molecule has 0 atom stereocenters. The molecule has 150 valence electrons. The molecule has 1 fully saturated rings. The van der Waals surface area contributed by atoms with Crippen LogP contribution < -0.4 is 5.32 Å². The third kappa shape index (κ3) is 5.87. The molecule has 6 nitrogen and oxygen atoms in total. The second-order valence-corrected chi connectivity index (χ2v) is 7.82. The summed E-state index contributed by atoms with van der Waals surface area (Å²) in [7, 11) is 0. The Bertz CT molecular complexity index is 782. The van der Waals surface area contributed by atoms with Crippen LogP contribution in [0.1, 0.15) is 37.6 Å². The molecule has 3 rings (SSSR count). The summed E-state index contributed by atoms with van der Waals surface area (Å²) in [5.74, 6) is 0.157. The molecule has 0 bridgehead atoms. The maximum atomic E-state index is 12.4. The van der Waals surface area contributed by atoms with Crippen LogP contribution >= 0.6 is 11.3 Å². The summed E-state index contributed by atoms with van der Waals surface area (Å²) in [6.45, 7) is 4.65. The number of aromatic nitrogens is 1. The lowest BCUT2D eigenvalue weighted by Gasteiger charge is -2.26. The van der Waals surface area contributed by atoms with Gasteiger partial charge in [-0.05, 0) is 18.6 Å². The van der Waals surface area contributed by atoms with Gasteiger partial charge in [-0.2, -0.15) is 0 Å². The van der Waals surface area contributed by atoms with Gasteiger partial charge in [0.1, 0.15) is 5.01 Å². The summed E-state index contributed by atoms with van der Waals surface area (Å²) in [4.78, 5) is 30.7. The number of unbranched alkanes of at least 4 members (excludes halogenated alkanes) is 2. The van der Waals surface area contributed by atoms with Crippen molar-refractivity contribution in [2.24, 2.45) is 0 Å². The molecule has 1 aromatic carbocycles. The first kappa shape index (κ1) is 20.5. The van der Waals surface area contributed by atoms with E-state index in [-0.39, 0.29) is 11.8 Å². The predicted molar refractivity (Wildman–Crippen MR) is 111 cm³/mol. The van der Waals surface area contributed by atoms with Crippen LogP contribution in [-0.4, -0.2) is 48.0 Å². The maximum absolute atomic E-state index is 12.4. The Morgan fingerprint density at radius 2 is 1.93 bits per heavy atom. The van der Waals surface area contributed by atoms with Crippen LogP contribution in [0.3, 0.4) is 0 Å². The van der Waals surface area contributed by atoms with Gasteiger partial charge in [0.2, 0.25) is 11.8 Å². The lowest BCUT2D eigenvalue weighted by atomic mass is 10.1. The highest BCUT2D eigenvalue weighted by molar-refractivity contribution is 7.10. The maximum Gasteiger partial charge on any atom is 0.229 e. The predicted octanol–water partition coefficient (Wildman–Crippen LogP) is 3.73. The summed E-state index contributed by atoms with van der Waals surface area (Å²) < 4.78 is 5.29. The SMILES string of the molecule is CCCCCC(=O)Nc1ccc(-c2csc(CC(=O)N3CCOCC3)n2)cc1. The fourth-order valence-corrected chi connectivity index (χ4v) is 3.86. The third-order valence-electron chi connectivity index (χ3n) is 4.69. The Labute approximate surface area is 169 Å². The number of ether oxygens (including phenoxy) is 1. The number of hydrogen-bond donors (Lipinski definition) is 1. The highest BCUT2D eigenvalue weighted by Gasteiger charge is 2.18. The number of hydrogen-bond acceptors (Lipinski definition) is 5. The molecule has 1 aliphatic rings. The average Bonchev–Trinajstić information content (AvgIpc) is 3.18. The van der Waals surface area contributed by atoms with Crippen molar-refractivity contribution in [1.82, 2.24) is 9.88 Å². The van der Waals surface area contributed by atoms with E-state index in [1.165, 1.54) is 11.3 Å². The zero-order valence-corrected chi connectivity index (χ0v) is 17.1. The number of nitrogens with one attached hydrogen (secondary N) is 1. The Balaban J connectivity index is 1.54. The standard InChI is InChI=1S/C21H27N3O3S/c1-2-3-4-5-19(25)22-17-8-6-16(7-9-17)18-15-28-20(23-18)14-21(26)24-10-12-27-13-11-24/h6-9,15H,2-5,10-14H2,1H3,(H,22,25). The van der Waals surface area contributed by atoms with Crippen molar-refractivity contribution in [1.29, 1.82) is 0 Å². The molecule has 7 heteroatoms. The minimum Gasteiger partial charge on any atom is -0.378 e.